The summed E-state index contributed by atoms with van der Waals surface area (Å²) in [5, 5.41) is 0. The van der Waals surface area contributed by atoms with Gasteiger partial charge in [0.2, 0.25) is 0 Å². The summed E-state index contributed by atoms with van der Waals surface area (Å²) in [6.07, 6.45) is 0. The van der Waals surface area contributed by atoms with Crippen molar-refractivity contribution < 1.29 is 23.5 Å². The van der Waals surface area contributed by atoms with Crippen LogP contribution in [0.5, 0.6) is 0 Å². The first-order chi connectivity index (χ1) is 9.67. The zero-order chi connectivity index (χ0) is 15.9. The van der Waals surface area contributed by atoms with Crippen LogP contribution in [0.4, 0.5) is 0 Å². The predicted molar refractivity (Wildman–Crippen MR) is 80.5 cm³/mol. The van der Waals surface area contributed by atoms with E-state index in [9.17, 15) is 4.79 Å². The number of carbonyl (C=O) groups is 1. The van der Waals surface area contributed by atoms with E-state index in [0.717, 1.165) is 5.46 Å². The van der Waals surface area contributed by atoms with E-state index in [4.69, 9.17) is 18.7 Å². The summed E-state index contributed by atoms with van der Waals surface area (Å²) in [7, 11) is 2.91. The number of carbonyl (C=O) groups excluding carboxylic acids is 1. The third kappa shape index (κ3) is 2.59. The zero-order valence-electron chi connectivity index (χ0n) is 13.4. The van der Waals surface area contributed by atoms with Crippen molar-refractivity contribution >= 4 is 18.2 Å². The maximum absolute atomic E-state index is 11.5. The minimum Gasteiger partial charge on any atom is -0.543 e. The molecule has 0 aromatic heterocycles. The first-order valence-electron chi connectivity index (χ1n) is 6.95. The number of hydrogen-bond donors (Lipinski definition) is 0. The zero-order valence-corrected chi connectivity index (χ0v) is 13.4. The summed E-state index contributed by atoms with van der Waals surface area (Å²) >= 11 is 0. The van der Waals surface area contributed by atoms with Gasteiger partial charge in [-0.2, -0.15) is 0 Å². The van der Waals surface area contributed by atoms with E-state index in [1.165, 1.54) is 7.11 Å². The van der Waals surface area contributed by atoms with E-state index >= 15 is 0 Å². The molecule has 21 heavy (non-hydrogen) atoms. The SMILES string of the molecule is COC(=O)c1ccc([B-]2(OC)OC(C)(C)C(C)(C)O2)cc1. The Morgan fingerprint density at radius 3 is 1.86 bits per heavy atom. The van der Waals surface area contributed by atoms with Gasteiger partial charge in [0.1, 0.15) is 0 Å². The lowest BCUT2D eigenvalue weighted by molar-refractivity contribution is 0.00578. The molecular formula is C15H22BO5-. The number of esters is 1. The second-order valence-corrected chi connectivity index (χ2v) is 6.25. The molecule has 0 bridgehead atoms. The molecule has 0 spiro atoms. The normalized spacial score (nSPS) is 22.0. The lowest BCUT2D eigenvalue weighted by Crippen LogP contribution is -2.53. The Hall–Kier alpha value is -1.37. The molecule has 1 aliphatic rings. The van der Waals surface area contributed by atoms with Gasteiger partial charge in [-0.05, 0) is 34.8 Å². The van der Waals surface area contributed by atoms with Crippen LogP contribution in [0.2, 0.25) is 0 Å². The largest absolute Gasteiger partial charge is 0.543 e. The monoisotopic (exact) mass is 293 g/mol. The maximum atomic E-state index is 11.5. The molecule has 2 rings (SSSR count). The molecule has 0 unspecified atom stereocenters. The standard InChI is InChI=1S/C15H22BO5/c1-14(2)15(3,4)21-16(19-6,20-14)12-9-7-11(8-10-12)13(17)18-5/h7-10H,1-6H3/q-1. The minimum atomic E-state index is -2.04. The molecule has 0 radical (unpaired) electrons. The molecule has 1 aromatic carbocycles. The van der Waals surface area contributed by atoms with Crippen LogP contribution in [0.15, 0.2) is 24.3 Å². The van der Waals surface area contributed by atoms with Crippen LogP contribution in [0.1, 0.15) is 38.1 Å². The summed E-state index contributed by atoms with van der Waals surface area (Å²) in [5.74, 6) is -0.380. The van der Waals surface area contributed by atoms with Crippen LogP contribution >= 0.6 is 0 Å². The van der Waals surface area contributed by atoms with Gasteiger partial charge in [0.25, 0.3) is 0 Å². The Labute approximate surface area is 125 Å². The minimum absolute atomic E-state index is 0.380. The first kappa shape index (κ1) is 16.0. The Kier molecular flexibility index (Phi) is 3.91. The summed E-state index contributed by atoms with van der Waals surface area (Å²) in [6, 6.07) is 6.89. The second-order valence-electron chi connectivity index (χ2n) is 6.25. The summed E-state index contributed by atoms with van der Waals surface area (Å²) in [5.41, 5.74) is 0.234. The Morgan fingerprint density at radius 1 is 1.00 bits per heavy atom. The van der Waals surface area contributed by atoms with Crippen LogP contribution < -0.4 is 5.46 Å². The van der Waals surface area contributed by atoms with Gasteiger partial charge in [0.15, 0.2) is 0 Å². The molecule has 1 fully saturated rings. The molecule has 0 atom stereocenters. The molecule has 1 aliphatic heterocycles. The molecule has 6 heteroatoms. The van der Waals surface area contributed by atoms with E-state index in [2.05, 4.69) is 0 Å². The molecule has 0 N–H and O–H groups in total. The van der Waals surface area contributed by atoms with Crippen molar-refractivity contribution in [3.05, 3.63) is 29.8 Å². The van der Waals surface area contributed by atoms with Crippen molar-refractivity contribution in [1.29, 1.82) is 0 Å². The fraction of sp³-hybridized carbons (Fsp3) is 0.533. The van der Waals surface area contributed by atoms with Crippen LogP contribution in [-0.4, -0.2) is 38.1 Å². The summed E-state index contributed by atoms with van der Waals surface area (Å²) < 4.78 is 22.5. The lowest BCUT2D eigenvalue weighted by atomic mass is 9.69. The van der Waals surface area contributed by atoms with Crippen LogP contribution in [0, 0.1) is 0 Å². The highest BCUT2D eigenvalue weighted by Gasteiger charge is 2.53. The second kappa shape index (κ2) is 5.12. The van der Waals surface area contributed by atoms with Gasteiger partial charge in [-0.25, -0.2) is 4.79 Å². The highest BCUT2D eigenvalue weighted by Crippen LogP contribution is 2.41. The van der Waals surface area contributed by atoms with Crippen molar-refractivity contribution in [2.45, 2.75) is 38.9 Å². The highest BCUT2D eigenvalue weighted by atomic mass is 16.8. The van der Waals surface area contributed by atoms with Gasteiger partial charge in [0.05, 0.1) is 12.7 Å². The van der Waals surface area contributed by atoms with Crippen molar-refractivity contribution in [2.24, 2.45) is 0 Å². The summed E-state index contributed by atoms with van der Waals surface area (Å²) in [4.78, 5) is 11.5. The van der Waals surface area contributed by atoms with E-state index in [1.54, 1.807) is 31.4 Å². The van der Waals surface area contributed by atoms with Gasteiger partial charge in [0, 0.05) is 11.2 Å². The highest BCUT2D eigenvalue weighted by molar-refractivity contribution is 6.76. The molecule has 116 valence electrons. The predicted octanol–water partition coefficient (Wildman–Crippen LogP) is 1.87. The molecule has 5 nitrogen and oxygen atoms in total. The van der Waals surface area contributed by atoms with Crippen molar-refractivity contribution in [3.8, 4) is 0 Å². The number of rotatable bonds is 3. The Bertz CT molecular complexity index is 519. The average molecular weight is 293 g/mol. The molecule has 0 saturated carbocycles. The van der Waals surface area contributed by atoms with Gasteiger partial charge in [-0.3, -0.25) is 0 Å². The molecule has 1 heterocycles. The fourth-order valence-electron chi connectivity index (χ4n) is 2.42. The van der Waals surface area contributed by atoms with Crippen LogP contribution in [0.3, 0.4) is 0 Å². The third-order valence-electron chi connectivity index (χ3n) is 4.40. The van der Waals surface area contributed by atoms with Crippen molar-refractivity contribution in [2.75, 3.05) is 14.2 Å². The number of methoxy groups -OCH3 is 1. The van der Waals surface area contributed by atoms with Gasteiger partial charge < -0.3 is 18.7 Å². The van der Waals surface area contributed by atoms with E-state index in [0.29, 0.717) is 5.56 Å². The first-order valence-corrected chi connectivity index (χ1v) is 6.95. The van der Waals surface area contributed by atoms with Crippen LogP contribution in [0.25, 0.3) is 0 Å². The Morgan fingerprint density at radius 2 is 1.48 bits per heavy atom. The summed E-state index contributed by atoms with van der Waals surface area (Å²) in [6.45, 7) is 5.84. The smallest absolute Gasteiger partial charge is 0.410 e. The molecule has 1 aromatic rings. The Balaban J connectivity index is 2.37. The van der Waals surface area contributed by atoms with Crippen LogP contribution in [-0.2, 0) is 18.7 Å². The molecule has 0 amide bonds. The topological polar surface area (TPSA) is 54.0 Å². The third-order valence-corrected chi connectivity index (χ3v) is 4.40. The lowest BCUT2D eigenvalue weighted by Gasteiger charge is -2.36. The van der Waals surface area contributed by atoms with Crippen molar-refractivity contribution in [3.63, 3.8) is 0 Å². The quantitative estimate of drug-likeness (QED) is 0.629. The maximum Gasteiger partial charge on any atom is 0.410 e. The fourth-order valence-corrected chi connectivity index (χ4v) is 2.42. The van der Waals surface area contributed by atoms with E-state index < -0.39 is 18.0 Å². The molecule has 0 aliphatic carbocycles. The van der Waals surface area contributed by atoms with Crippen molar-refractivity contribution in [1.82, 2.24) is 0 Å². The number of benzene rings is 1. The van der Waals surface area contributed by atoms with Gasteiger partial charge >= 0.3 is 12.7 Å². The molecule has 1 saturated heterocycles. The van der Waals surface area contributed by atoms with E-state index in [1.807, 2.05) is 27.7 Å². The van der Waals surface area contributed by atoms with E-state index in [-0.39, 0.29) is 5.97 Å². The van der Waals surface area contributed by atoms with Gasteiger partial charge in [-0.15, -0.1) is 5.46 Å². The number of ether oxygens (including phenoxy) is 1. The number of hydrogen-bond acceptors (Lipinski definition) is 5. The van der Waals surface area contributed by atoms with Gasteiger partial charge in [-0.1, -0.05) is 24.3 Å². The molecular weight excluding hydrogens is 271 g/mol. The average Bonchev–Trinajstić information content (AvgIpc) is 2.64.